The van der Waals surface area contributed by atoms with Gasteiger partial charge >= 0.3 is 0 Å². The van der Waals surface area contributed by atoms with Crippen LogP contribution in [0.4, 0.5) is 5.69 Å². The number of anilines is 1. The second-order valence-corrected chi connectivity index (χ2v) is 7.59. The Morgan fingerprint density at radius 1 is 1.34 bits per heavy atom. The third kappa shape index (κ3) is 7.40. The Morgan fingerprint density at radius 2 is 2.19 bits per heavy atom. The van der Waals surface area contributed by atoms with E-state index in [1.807, 2.05) is 25.1 Å². The summed E-state index contributed by atoms with van der Waals surface area (Å²) in [6.07, 6.45) is 4.16. The Kier molecular flexibility index (Phi) is 10.8. The number of nitrogens with one attached hydrogen (secondary N) is 3. The van der Waals surface area contributed by atoms with E-state index in [0.717, 1.165) is 43.5 Å². The van der Waals surface area contributed by atoms with Crippen molar-refractivity contribution in [3.8, 4) is 5.75 Å². The maximum absolute atomic E-state index is 12.1. The van der Waals surface area contributed by atoms with Gasteiger partial charge in [0.25, 0.3) is 5.91 Å². The molecule has 2 aromatic rings. The quantitative estimate of drug-likeness (QED) is 0.195. The number of ether oxygens (including phenoxy) is 1. The number of nitrogens with zero attached hydrogens (tertiary/aromatic N) is 3. The van der Waals surface area contributed by atoms with Crippen LogP contribution in [0.5, 0.6) is 5.75 Å². The molecule has 0 spiro atoms. The molecular formula is C22H30ClIN6O2. The highest BCUT2D eigenvalue weighted by Crippen LogP contribution is 2.33. The molecule has 8 nitrogen and oxygen atoms in total. The fourth-order valence-electron chi connectivity index (χ4n) is 3.46. The summed E-state index contributed by atoms with van der Waals surface area (Å²) < 4.78 is 5.49. The van der Waals surface area contributed by atoms with Gasteiger partial charge in [-0.1, -0.05) is 11.6 Å². The number of rotatable bonds is 8. The number of hydrogen-bond acceptors (Lipinski definition) is 5. The van der Waals surface area contributed by atoms with Gasteiger partial charge in [0.05, 0.1) is 24.9 Å². The van der Waals surface area contributed by atoms with Gasteiger partial charge in [0.15, 0.2) is 5.96 Å². The maximum Gasteiger partial charge on any atom is 0.252 e. The number of aromatic nitrogens is 1. The summed E-state index contributed by atoms with van der Waals surface area (Å²) in [4.78, 5) is 22.9. The summed E-state index contributed by atoms with van der Waals surface area (Å²) in [7, 11) is 1.67. The van der Waals surface area contributed by atoms with Gasteiger partial charge < -0.3 is 25.6 Å². The number of guanidine groups is 1. The molecule has 1 saturated heterocycles. The van der Waals surface area contributed by atoms with Crippen molar-refractivity contribution < 1.29 is 9.53 Å². The normalized spacial score (nSPS) is 15.7. The number of aliphatic imine (C=N–C) groups is 1. The zero-order valence-corrected chi connectivity index (χ0v) is 21.4. The first-order chi connectivity index (χ1) is 15.1. The number of amides is 1. The van der Waals surface area contributed by atoms with Crippen molar-refractivity contribution in [3.05, 3.63) is 53.3 Å². The standard InChI is InChI=1S/C22H29ClN6O2.HI/c1-3-25-22(27-11-10-26-21(30)16-5-4-9-24-14-16)28-18-8-12-29(15-18)19-13-17(23)6-7-20(19)31-2;/h4-7,9,13-14,18H,3,8,10-12,15H2,1-2H3,(H,26,30)(H2,25,27,28);1H. The average molecular weight is 573 g/mol. The van der Waals surface area contributed by atoms with Gasteiger partial charge in [-0.2, -0.15) is 0 Å². The lowest BCUT2D eigenvalue weighted by Crippen LogP contribution is -2.45. The molecule has 0 saturated carbocycles. The Bertz CT molecular complexity index is 899. The molecule has 2 heterocycles. The molecule has 3 rings (SSSR count). The minimum absolute atomic E-state index is 0. The highest BCUT2D eigenvalue weighted by molar-refractivity contribution is 14.0. The van der Waals surface area contributed by atoms with E-state index in [1.54, 1.807) is 31.6 Å². The molecule has 1 unspecified atom stereocenters. The van der Waals surface area contributed by atoms with Crippen molar-refractivity contribution in [2.75, 3.05) is 44.7 Å². The number of carbonyl (C=O) groups excluding carboxylic acids is 1. The largest absolute Gasteiger partial charge is 0.495 e. The van der Waals surface area contributed by atoms with Crippen LogP contribution in [-0.4, -0.2) is 62.7 Å². The van der Waals surface area contributed by atoms with E-state index in [0.29, 0.717) is 23.7 Å². The van der Waals surface area contributed by atoms with E-state index in [1.165, 1.54) is 0 Å². The van der Waals surface area contributed by atoms with Gasteiger partial charge in [-0.3, -0.25) is 14.8 Å². The molecule has 1 aromatic heterocycles. The van der Waals surface area contributed by atoms with Crippen molar-refractivity contribution in [3.63, 3.8) is 0 Å². The minimum atomic E-state index is -0.150. The van der Waals surface area contributed by atoms with E-state index in [4.69, 9.17) is 16.3 Å². The number of halogens is 2. The third-order valence-corrected chi connectivity index (χ3v) is 5.18. The van der Waals surface area contributed by atoms with Crippen LogP contribution in [0.1, 0.15) is 23.7 Å². The SMILES string of the molecule is CCNC(=NCCNC(=O)c1cccnc1)NC1CCN(c2cc(Cl)ccc2OC)C1.I. The van der Waals surface area contributed by atoms with Crippen molar-refractivity contribution in [1.82, 2.24) is 20.9 Å². The predicted molar refractivity (Wildman–Crippen MR) is 140 cm³/mol. The van der Waals surface area contributed by atoms with Gasteiger partial charge in [-0.05, 0) is 43.7 Å². The van der Waals surface area contributed by atoms with Gasteiger partial charge in [-0.15, -0.1) is 24.0 Å². The molecular weight excluding hydrogens is 543 g/mol. The monoisotopic (exact) mass is 572 g/mol. The molecule has 32 heavy (non-hydrogen) atoms. The fraction of sp³-hybridized carbons (Fsp3) is 0.409. The summed E-state index contributed by atoms with van der Waals surface area (Å²) >= 11 is 6.19. The molecule has 3 N–H and O–H groups in total. The molecule has 1 fully saturated rings. The summed E-state index contributed by atoms with van der Waals surface area (Å²) in [5.41, 5.74) is 1.54. The molecule has 1 aliphatic heterocycles. The number of carbonyl (C=O) groups is 1. The number of methoxy groups -OCH3 is 1. The zero-order valence-electron chi connectivity index (χ0n) is 18.3. The first kappa shape index (κ1) is 26.0. The highest BCUT2D eigenvalue weighted by Gasteiger charge is 2.25. The third-order valence-electron chi connectivity index (χ3n) is 4.95. The lowest BCUT2D eigenvalue weighted by Gasteiger charge is -2.22. The minimum Gasteiger partial charge on any atom is -0.495 e. The lowest BCUT2D eigenvalue weighted by atomic mass is 10.2. The van der Waals surface area contributed by atoms with E-state index in [-0.39, 0.29) is 35.9 Å². The van der Waals surface area contributed by atoms with Gasteiger partial charge in [-0.25, -0.2) is 0 Å². The van der Waals surface area contributed by atoms with Crippen molar-refractivity contribution in [1.29, 1.82) is 0 Å². The van der Waals surface area contributed by atoms with Gasteiger partial charge in [0.1, 0.15) is 5.75 Å². The molecule has 1 aliphatic rings. The van der Waals surface area contributed by atoms with E-state index < -0.39 is 0 Å². The van der Waals surface area contributed by atoms with Crippen LogP contribution in [0.15, 0.2) is 47.7 Å². The average Bonchev–Trinajstić information content (AvgIpc) is 3.25. The Labute approximate surface area is 211 Å². The molecule has 0 bridgehead atoms. The van der Waals surface area contributed by atoms with Crippen molar-refractivity contribution in [2.24, 2.45) is 4.99 Å². The lowest BCUT2D eigenvalue weighted by molar-refractivity contribution is 0.0954. The van der Waals surface area contributed by atoms with Gasteiger partial charge in [0, 0.05) is 49.6 Å². The molecule has 0 radical (unpaired) electrons. The highest BCUT2D eigenvalue weighted by atomic mass is 127. The first-order valence-corrected chi connectivity index (χ1v) is 10.8. The molecule has 174 valence electrons. The smallest absolute Gasteiger partial charge is 0.252 e. The second kappa shape index (κ2) is 13.3. The van der Waals surface area contributed by atoms with E-state index in [9.17, 15) is 4.79 Å². The van der Waals surface area contributed by atoms with E-state index >= 15 is 0 Å². The molecule has 1 atom stereocenters. The Balaban J connectivity index is 0.00000363. The van der Waals surface area contributed by atoms with Crippen LogP contribution in [-0.2, 0) is 0 Å². The topological polar surface area (TPSA) is 90.9 Å². The number of pyridine rings is 1. The van der Waals surface area contributed by atoms with Crippen LogP contribution in [0.3, 0.4) is 0 Å². The zero-order chi connectivity index (χ0) is 22.1. The van der Waals surface area contributed by atoms with Crippen LogP contribution in [0.25, 0.3) is 0 Å². The number of hydrogen-bond donors (Lipinski definition) is 3. The van der Waals surface area contributed by atoms with Gasteiger partial charge in [0.2, 0.25) is 0 Å². The van der Waals surface area contributed by atoms with E-state index in [2.05, 4.69) is 30.8 Å². The molecule has 0 aliphatic carbocycles. The molecule has 10 heteroatoms. The second-order valence-electron chi connectivity index (χ2n) is 7.15. The van der Waals surface area contributed by atoms with Crippen LogP contribution in [0.2, 0.25) is 5.02 Å². The first-order valence-electron chi connectivity index (χ1n) is 10.4. The van der Waals surface area contributed by atoms with Crippen molar-refractivity contribution in [2.45, 2.75) is 19.4 Å². The Hall–Kier alpha value is -2.27. The predicted octanol–water partition coefficient (Wildman–Crippen LogP) is 2.93. The van der Waals surface area contributed by atoms with Crippen LogP contribution in [0, 0.1) is 0 Å². The number of benzene rings is 1. The Morgan fingerprint density at radius 3 is 2.91 bits per heavy atom. The maximum atomic E-state index is 12.1. The van der Waals surface area contributed by atoms with Crippen LogP contribution < -0.4 is 25.6 Å². The summed E-state index contributed by atoms with van der Waals surface area (Å²) in [6, 6.07) is 9.38. The summed E-state index contributed by atoms with van der Waals surface area (Å²) in [5, 5.41) is 10.3. The van der Waals surface area contributed by atoms with Crippen molar-refractivity contribution >= 4 is 53.1 Å². The fourth-order valence-corrected chi connectivity index (χ4v) is 3.62. The summed E-state index contributed by atoms with van der Waals surface area (Å²) in [5.74, 6) is 1.40. The van der Waals surface area contributed by atoms with Crippen LogP contribution >= 0.6 is 35.6 Å². The summed E-state index contributed by atoms with van der Waals surface area (Å²) in [6.45, 7) is 5.42. The molecule has 1 amide bonds. The molecule has 1 aromatic carbocycles.